The van der Waals surface area contributed by atoms with Crippen LogP contribution in [0.4, 0.5) is 0 Å². The third kappa shape index (κ3) is 14.6. The van der Waals surface area contributed by atoms with Crippen LogP contribution < -0.4 is 0 Å². The van der Waals surface area contributed by atoms with Gasteiger partial charge in [-0.2, -0.15) is 0 Å². The molecule has 4 N–H and O–H groups in total. The van der Waals surface area contributed by atoms with E-state index in [1.807, 2.05) is 91.7 Å². The summed E-state index contributed by atoms with van der Waals surface area (Å²) in [7, 11) is 5.58. The minimum atomic E-state index is -1.78. The molecule has 2 aromatic heterocycles. The van der Waals surface area contributed by atoms with Gasteiger partial charge in [0.1, 0.15) is 29.6 Å². The maximum atomic E-state index is 14.6. The summed E-state index contributed by atoms with van der Waals surface area (Å²) >= 11 is 0. The van der Waals surface area contributed by atoms with Crippen molar-refractivity contribution < 1.29 is 48.9 Å². The van der Waals surface area contributed by atoms with Gasteiger partial charge in [-0.15, -0.1) is 10.2 Å². The summed E-state index contributed by atoms with van der Waals surface area (Å²) in [6, 6.07) is 18.1. The first-order chi connectivity index (χ1) is 36.4. The smallest absolute Gasteiger partial charge is 0.309 e. The average molecular weight is 1070 g/mol. The predicted octanol–water partition coefficient (Wildman–Crippen LogP) is 6.68. The molecule has 0 radical (unpaired) electrons. The largest absolute Gasteiger partial charge is 0.459 e. The maximum Gasteiger partial charge on any atom is 0.309 e. The molecule has 4 aromatic rings. The number of cyclic esters (lactones) is 1. The zero-order chi connectivity index (χ0) is 56.0. The van der Waals surface area contributed by atoms with E-state index in [1.54, 1.807) is 27.9 Å². The molecule has 3 aliphatic heterocycles. The van der Waals surface area contributed by atoms with Gasteiger partial charge in [-0.25, -0.2) is 4.68 Å². The molecule has 0 spiro atoms. The number of unbranched alkanes of at least 4 members (excludes halogenated alkanes) is 1. The number of aliphatic hydroxyl groups is 4. The molecule has 2 aromatic carbocycles. The minimum Gasteiger partial charge on any atom is -0.459 e. The second-order valence-corrected chi connectivity index (χ2v) is 23.9. The zero-order valence-corrected chi connectivity index (χ0v) is 48.2. The van der Waals surface area contributed by atoms with Crippen molar-refractivity contribution in [3.63, 3.8) is 0 Å². The molecule has 3 aliphatic rings. The van der Waals surface area contributed by atoms with Crippen LogP contribution in [0.15, 0.2) is 67.0 Å². The van der Waals surface area contributed by atoms with Crippen LogP contribution in [-0.2, 0) is 47.9 Å². The molecule has 3 fully saturated rings. The van der Waals surface area contributed by atoms with Crippen molar-refractivity contribution in [2.24, 2.45) is 23.7 Å². The minimum absolute atomic E-state index is 0.0914. The van der Waals surface area contributed by atoms with Crippen LogP contribution >= 0.6 is 0 Å². The van der Waals surface area contributed by atoms with E-state index in [4.69, 9.17) is 23.7 Å². The fourth-order valence-corrected chi connectivity index (χ4v) is 12.8. The van der Waals surface area contributed by atoms with Crippen molar-refractivity contribution in [1.82, 2.24) is 39.8 Å². The Bertz CT molecular complexity index is 2460. The van der Waals surface area contributed by atoms with Crippen LogP contribution in [0, 0.1) is 23.7 Å². The first kappa shape index (κ1) is 60.4. The van der Waals surface area contributed by atoms with E-state index in [0.29, 0.717) is 25.8 Å². The van der Waals surface area contributed by atoms with Gasteiger partial charge in [-0.05, 0) is 124 Å². The van der Waals surface area contributed by atoms with E-state index < -0.39 is 89.5 Å². The number of hydrogen-bond donors (Lipinski definition) is 4. The van der Waals surface area contributed by atoms with E-state index in [1.165, 1.54) is 12.5 Å². The summed E-state index contributed by atoms with van der Waals surface area (Å²) in [6.45, 7) is 20.6. The third-order valence-electron chi connectivity index (χ3n) is 17.5. The highest BCUT2D eigenvalue weighted by atomic mass is 16.7. The number of carbonyl (C=O) groups is 1. The standard InChI is InChI=1S/C59H92N8O10/c1-14-50-59(10,72)53(68)41(6)65(12)34-37(2)32-57(8,71)55(39(4)52(40(5)56(70)76-50)49-33-58(9,73-13)54(69)42(7)75-49)77-51-31-47(30-38(3)74-51)64(11)29-27-45-35-66(62-60-45)28-19-18-20-43-23-25-46(26-24-43)67-36-48(61-63-67)44-21-16-15-17-22-44/h15-17,21-26,35-42,47,49-55,68-69,71-72H,14,18-20,27-34H2,1-13H3/t37-,38-,39+,40-,41-,42+,47+,49-,50-,51+,52?,53-,54+,55-,57-,58-,59-/m1/s1. The maximum absolute atomic E-state index is 14.6. The van der Waals surface area contributed by atoms with Crippen molar-refractivity contribution in [2.45, 2.75) is 211 Å². The van der Waals surface area contributed by atoms with Crippen LogP contribution in [0.25, 0.3) is 16.9 Å². The number of aryl methyl sites for hydroxylation is 2. The highest BCUT2D eigenvalue weighted by Gasteiger charge is 2.54. The zero-order valence-electron chi connectivity index (χ0n) is 48.2. The SMILES string of the molecule is CC[C@H]1OC(=O)[C@H](C)C([C@H]2C[C@@](C)(OC)[C@@H](O)[C@H](C)O2)[C@H](C)[C@@H](O[C@H]2C[C@@H](N(C)CCc3cn(CCCCc4ccc(-n5cc(-c6ccccc6)nn5)cc4)nn3)C[C@@H](C)O2)[C@](C)(O)C[C@@H](C)CN(C)[C@H](C)[C@@H](O)[C@]1(C)O. The molecule has 17 atom stereocenters. The second kappa shape index (κ2) is 25.9. The molecule has 0 amide bonds. The number of aromatic nitrogens is 6. The Morgan fingerprint density at radius 3 is 2.26 bits per heavy atom. The lowest BCUT2D eigenvalue weighted by atomic mass is 9.68. The van der Waals surface area contributed by atoms with Gasteiger partial charge in [0, 0.05) is 75.8 Å². The monoisotopic (exact) mass is 1070 g/mol. The number of aliphatic hydroxyl groups excluding tert-OH is 2. The molecule has 0 bridgehead atoms. The molecule has 0 saturated carbocycles. The van der Waals surface area contributed by atoms with Crippen molar-refractivity contribution in [1.29, 1.82) is 0 Å². The molecule has 0 aliphatic carbocycles. The van der Waals surface area contributed by atoms with Gasteiger partial charge in [0.15, 0.2) is 6.29 Å². The number of methoxy groups -OCH3 is 1. The summed E-state index contributed by atoms with van der Waals surface area (Å²) in [6.07, 6.45) is 3.57. The fraction of sp³-hybridized carbons (Fsp3) is 0.712. The number of carbonyl (C=O) groups excluding carboxylic acids is 1. The lowest BCUT2D eigenvalue weighted by Crippen LogP contribution is -2.61. The molecular weight excluding hydrogens is 981 g/mol. The van der Waals surface area contributed by atoms with Gasteiger partial charge in [0.2, 0.25) is 0 Å². The fourth-order valence-electron chi connectivity index (χ4n) is 12.8. The van der Waals surface area contributed by atoms with Gasteiger partial charge >= 0.3 is 5.97 Å². The van der Waals surface area contributed by atoms with Crippen LogP contribution in [0.2, 0.25) is 0 Å². The van der Waals surface area contributed by atoms with E-state index in [2.05, 4.69) is 70.7 Å². The van der Waals surface area contributed by atoms with Gasteiger partial charge < -0.3 is 53.9 Å². The number of esters is 1. The van der Waals surface area contributed by atoms with Crippen LogP contribution in [0.3, 0.4) is 0 Å². The third-order valence-corrected chi connectivity index (χ3v) is 17.5. The number of hydrogen-bond acceptors (Lipinski definition) is 16. The highest BCUT2D eigenvalue weighted by Crippen LogP contribution is 2.45. The van der Waals surface area contributed by atoms with E-state index in [-0.39, 0.29) is 30.9 Å². The topological polar surface area (TPSA) is 212 Å². The van der Waals surface area contributed by atoms with Crippen molar-refractivity contribution in [3.8, 4) is 16.9 Å². The first-order valence-corrected chi connectivity index (χ1v) is 28.3. The Labute approximate surface area is 457 Å². The molecule has 18 heteroatoms. The van der Waals surface area contributed by atoms with Gasteiger partial charge in [-0.1, -0.05) is 80.6 Å². The van der Waals surface area contributed by atoms with E-state index in [0.717, 1.165) is 61.4 Å². The normalized spacial score (nSPS) is 36.3. The lowest BCUT2D eigenvalue weighted by molar-refractivity contribution is -0.275. The Morgan fingerprint density at radius 1 is 0.857 bits per heavy atom. The van der Waals surface area contributed by atoms with Crippen molar-refractivity contribution in [3.05, 3.63) is 78.2 Å². The Morgan fingerprint density at radius 2 is 1.57 bits per heavy atom. The molecule has 428 valence electrons. The van der Waals surface area contributed by atoms with Gasteiger partial charge in [-0.3, -0.25) is 9.48 Å². The quantitative estimate of drug-likeness (QED) is 0.0681. The Balaban J connectivity index is 1.01. The predicted molar refractivity (Wildman–Crippen MR) is 294 cm³/mol. The number of benzene rings is 2. The Hall–Kier alpha value is -4.21. The summed E-state index contributed by atoms with van der Waals surface area (Å²) < 4.78 is 36.4. The Kier molecular flexibility index (Phi) is 20.3. The molecule has 3 saturated heterocycles. The molecule has 77 heavy (non-hydrogen) atoms. The number of rotatable bonds is 16. The van der Waals surface area contributed by atoms with Crippen LogP contribution in [-0.4, -0.2) is 178 Å². The number of ether oxygens (including phenoxy) is 5. The van der Waals surface area contributed by atoms with Crippen LogP contribution in [0.1, 0.15) is 125 Å². The molecule has 7 rings (SSSR count). The number of nitrogens with zero attached hydrogens (tertiary/aromatic N) is 8. The average Bonchev–Trinajstić information content (AvgIpc) is 4.10. The molecule has 5 heterocycles. The second-order valence-electron chi connectivity index (χ2n) is 23.9. The number of likely N-dealkylation sites (N-methyl/N-ethyl adjacent to an activating group) is 2. The summed E-state index contributed by atoms with van der Waals surface area (Å²) in [5, 5.41) is 65.6. The van der Waals surface area contributed by atoms with Crippen LogP contribution in [0.5, 0.6) is 0 Å². The molecular formula is C59H92N8O10. The summed E-state index contributed by atoms with van der Waals surface area (Å²) in [4.78, 5) is 19.0. The lowest BCUT2D eigenvalue weighted by Gasteiger charge is -2.51. The van der Waals surface area contributed by atoms with Crippen molar-refractivity contribution >= 4 is 5.97 Å². The molecule has 18 nitrogen and oxygen atoms in total. The van der Waals surface area contributed by atoms with E-state index >= 15 is 0 Å². The highest BCUT2D eigenvalue weighted by molar-refractivity contribution is 5.73. The molecule has 1 unspecified atom stereocenters. The summed E-state index contributed by atoms with van der Waals surface area (Å²) in [5.41, 5.74) is 0.799. The van der Waals surface area contributed by atoms with Gasteiger partial charge in [0.05, 0.1) is 59.1 Å². The van der Waals surface area contributed by atoms with Crippen molar-refractivity contribution in [2.75, 3.05) is 34.3 Å². The van der Waals surface area contributed by atoms with Gasteiger partial charge in [0.25, 0.3) is 0 Å². The van der Waals surface area contributed by atoms with E-state index in [9.17, 15) is 25.2 Å². The first-order valence-electron chi connectivity index (χ1n) is 28.3. The summed E-state index contributed by atoms with van der Waals surface area (Å²) in [5.74, 6) is -2.70.